The van der Waals surface area contributed by atoms with Crippen LogP contribution < -0.4 is 5.32 Å². The minimum Gasteiger partial charge on any atom is -0.360 e. The molecule has 2 nitrogen and oxygen atoms in total. The summed E-state index contributed by atoms with van der Waals surface area (Å²) >= 11 is 5.35. The van der Waals surface area contributed by atoms with E-state index in [0.29, 0.717) is 6.04 Å². The zero-order chi connectivity index (χ0) is 11.3. The van der Waals surface area contributed by atoms with E-state index < -0.39 is 0 Å². The predicted molar refractivity (Wildman–Crippen MR) is 70.2 cm³/mol. The Balaban J connectivity index is 1.68. The maximum Gasteiger partial charge on any atom is 0.168 e. The fourth-order valence-electron chi connectivity index (χ4n) is 4.00. The van der Waals surface area contributed by atoms with Gasteiger partial charge in [-0.2, -0.15) is 0 Å². The molecule has 88 valence electrons. The molecular formula is C13H20N2S. The highest BCUT2D eigenvalue weighted by Gasteiger charge is 2.52. The van der Waals surface area contributed by atoms with Crippen LogP contribution in [0.5, 0.6) is 0 Å². The lowest BCUT2D eigenvalue weighted by atomic mass is 9.79. The summed E-state index contributed by atoms with van der Waals surface area (Å²) in [6, 6.07) is 0.629. The first-order chi connectivity index (χ1) is 7.66. The van der Waals surface area contributed by atoms with Crippen LogP contribution in [0, 0.1) is 23.7 Å². The van der Waals surface area contributed by atoms with Crippen LogP contribution in [0.3, 0.4) is 0 Å². The molecule has 0 aromatic carbocycles. The Morgan fingerprint density at radius 3 is 2.88 bits per heavy atom. The van der Waals surface area contributed by atoms with E-state index in [2.05, 4.69) is 17.5 Å². The minimum atomic E-state index is 0.629. The van der Waals surface area contributed by atoms with Gasteiger partial charge in [-0.05, 0) is 55.2 Å². The van der Waals surface area contributed by atoms with E-state index in [9.17, 15) is 0 Å². The maximum absolute atomic E-state index is 5.35. The predicted octanol–water partition coefficient (Wildman–Crippen LogP) is 2.02. The zero-order valence-electron chi connectivity index (χ0n) is 10.0. The molecule has 0 aliphatic heterocycles. The van der Waals surface area contributed by atoms with Gasteiger partial charge in [0.05, 0.1) is 0 Å². The molecule has 3 aliphatic carbocycles. The molecule has 3 heteroatoms. The second-order valence-corrected chi connectivity index (χ2v) is 6.14. The Labute approximate surface area is 103 Å². The highest BCUT2D eigenvalue weighted by molar-refractivity contribution is 7.80. The van der Waals surface area contributed by atoms with Gasteiger partial charge in [-0.1, -0.05) is 12.2 Å². The number of fused-ring (bicyclic) bond motifs is 5. The Bertz CT molecular complexity index is 337. The lowest BCUT2D eigenvalue weighted by Crippen LogP contribution is -2.46. The van der Waals surface area contributed by atoms with Crippen molar-refractivity contribution < 1.29 is 0 Å². The van der Waals surface area contributed by atoms with E-state index in [1.54, 1.807) is 0 Å². The number of thiocarbonyl (C=S) groups is 1. The van der Waals surface area contributed by atoms with Gasteiger partial charge >= 0.3 is 0 Å². The summed E-state index contributed by atoms with van der Waals surface area (Å²) in [6.45, 7) is 0. The molecule has 0 amide bonds. The molecule has 3 aliphatic rings. The topological polar surface area (TPSA) is 15.3 Å². The van der Waals surface area contributed by atoms with Crippen molar-refractivity contribution >= 4 is 17.3 Å². The fourth-order valence-corrected chi connectivity index (χ4v) is 4.15. The van der Waals surface area contributed by atoms with Crippen molar-refractivity contribution in [3.8, 4) is 0 Å². The average Bonchev–Trinajstić information content (AvgIpc) is 2.87. The molecule has 0 aromatic rings. The second kappa shape index (κ2) is 3.73. The number of rotatable bonds is 1. The molecule has 2 bridgehead atoms. The first kappa shape index (κ1) is 10.6. The minimum absolute atomic E-state index is 0.629. The molecule has 3 rings (SSSR count). The molecule has 2 fully saturated rings. The SMILES string of the molecule is CN(C)C(=S)N[C@H]1C[C@@H]2C[C@H]1[C@H]1C=CC[C@H]21. The largest absolute Gasteiger partial charge is 0.360 e. The van der Waals surface area contributed by atoms with Gasteiger partial charge < -0.3 is 10.2 Å². The van der Waals surface area contributed by atoms with Crippen LogP contribution in [0.2, 0.25) is 0 Å². The van der Waals surface area contributed by atoms with Crippen molar-refractivity contribution in [1.82, 2.24) is 10.2 Å². The van der Waals surface area contributed by atoms with E-state index in [1.807, 2.05) is 19.0 Å². The van der Waals surface area contributed by atoms with Crippen molar-refractivity contribution in [2.75, 3.05) is 14.1 Å². The first-order valence-electron chi connectivity index (χ1n) is 6.31. The van der Waals surface area contributed by atoms with Crippen molar-refractivity contribution in [1.29, 1.82) is 0 Å². The highest BCUT2D eigenvalue weighted by Crippen LogP contribution is 2.56. The van der Waals surface area contributed by atoms with E-state index >= 15 is 0 Å². The van der Waals surface area contributed by atoms with Crippen LogP contribution in [0.25, 0.3) is 0 Å². The van der Waals surface area contributed by atoms with Crippen molar-refractivity contribution in [3.05, 3.63) is 12.2 Å². The third-order valence-electron chi connectivity index (χ3n) is 4.72. The van der Waals surface area contributed by atoms with Crippen LogP contribution in [-0.4, -0.2) is 30.1 Å². The summed E-state index contributed by atoms with van der Waals surface area (Å²) < 4.78 is 0. The number of nitrogens with one attached hydrogen (secondary N) is 1. The van der Waals surface area contributed by atoms with Gasteiger partial charge in [-0.25, -0.2) is 0 Å². The first-order valence-corrected chi connectivity index (χ1v) is 6.72. The Kier molecular flexibility index (Phi) is 2.46. The van der Waals surface area contributed by atoms with Crippen LogP contribution in [-0.2, 0) is 0 Å². The lowest BCUT2D eigenvalue weighted by molar-refractivity contribution is 0.244. The summed E-state index contributed by atoms with van der Waals surface area (Å²) in [5.41, 5.74) is 0. The molecule has 0 saturated heterocycles. The van der Waals surface area contributed by atoms with E-state index in [-0.39, 0.29) is 0 Å². The fraction of sp³-hybridized carbons (Fsp3) is 0.769. The highest BCUT2D eigenvalue weighted by atomic mass is 32.1. The summed E-state index contributed by atoms with van der Waals surface area (Å²) in [7, 11) is 4.03. The van der Waals surface area contributed by atoms with Gasteiger partial charge in [0, 0.05) is 20.1 Å². The van der Waals surface area contributed by atoms with Crippen molar-refractivity contribution in [2.45, 2.75) is 25.3 Å². The Morgan fingerprint density at radius 1 is 1.31 bits per heavy atom. The second-order valence-electron chi connectivity index (χ2n) is 5.75. The number of hydrogen-bond acceptors (Lipinski definition) is 1. The monoisotopic (exact) mass is 236 g/mol. The van der Waals surface area contributed by atoms with Gasteiger partial charge in [0.15, 0.2) is 5.11 Å². The molecule has 0 radical (unpaired) electrons. The molecule has 1 N–H and O–H groups in total. The van der Waals surface area contributed by atoms with Gasteiger partial charge in [0.1, 0.15) is 0 Å². The lowest BCUT2D eigenvalue weighted by Gasteiger charge is -2.33. The van der Waals surface area contributed by atoms with Crippen LogP contribution >= 0.6 is 12.2 Å². The Morgan fingerprint density at radius 2 is 2.12 bits per heavy atom. The molecular weight excluding hydrogens is 216 g/mol. The van der Waals surface area contributed by atoms with Crippen LogP contribution in [0.1, 0.15) is 19.3 Å². The van der Waals surface area contributed by atoms with Gasteiger partial charge in [0.25, 0.3) is 0 Å². The van der Waals surface area contributed by atoms with Crippen molar-refractivity contribution in [3.63, 3.8) is 0 Å². The molecule has 0 aromatic heterocycles. The van der Waals surface area contributed by atoms with Crippen LogP contribution in [0.4, 0.5) is 0 Å². The van der Waals surface area contributed by atoms with Crippen molar-refractivity contribution in [2.24, 2.45) is 23.7 Å². The number of nitrogens with zero attached hydrogens (tertiary/aromatic N) is 1. The van der Waals surface area contributed by atoms with Gasteiger partial charge in [-0.15, -0.1) is 0 Å². The number of hydrogen-bond donors (Lipinski definition) is 1. The number of allylic oxidation sites excluding steroid dienone is 2. The third-order valence-corrected chi connectivity index (χ3v) is 5.21. The quantitative estimate of drug-likeness (QED) is 0.554. The van der Waals surface area contributed by atoms with E-state index in [0.717, 1.165) is 28.8 Å². The summed E-state index contributed by atoms with van der Waals surface area (Å²) in [6.07, 6.45) is 8.94. The normalized spacial score (nSPS) is 43.5. The van der Waals surface area contributed by atoms with Crippen LogP contribution in [0.15, 0.2) is 12.2 Å². The molecule has 0 unspecified atom stereocenters. The Hall–Kier alpha value is -0.570. The summed E-state index contributed by atoms with van der Waals surface area (Å²) in [5, 5.41) is 4.44. The molecule has 0 heterocycles. The third kappa shape index (κ3) is 1.48. The summed E-state index contributed by atoms with van der Waals surface area (Å²) in [5.74, 6) is 3.61. The van der Waals surface area contributed by atoms with Gasteiger partial charge in [0.2, 0.25) is 0 Å². The average molecular weight is 236 g/mol. The molecule has 16 heavy (non-hydrogen) atoms. The summed E-state index contributed by atoms with van der Waals surface area (Å²) in [4.78, 5) is 2.00. The zero-order valence-corrected chi connectivity index (χ0v) is 10.8. The van der Waals surface area contributed by atoms with Gasteiger partial charge in [-0.3, -0.25) is 0 Å². The molecule has 5 atom stereocenters. The van der Waals surface area contributed by atoms with E-state index in [4.69, 9.17) is 12.2 Å². The smallest absolute Gasteiger partial charge is 0.168 e. The molecule has 0 spiro atoms. The maximum atomic E-state index is 5.35. The standard InChI is InChI=1S/C13H20N2S/c1-15(2)13(16)14-12-7-8-6-11(12)10-5-3-4-9(8)10/h3,5,8-12H,4,6-7H2,1-2H3,(H,14,16)/t8-,9+,10-,11-,12-/m0/s1. The van der Waals surface area contributed by atoms with E-state index in [1.165, 1.54) is 19.3 Å². The molecule has 2 saturated carbocycles.